The molecule has 9 heteroatoms. The smallest absolute Gasteiger partial charge is 0.239 e. The number of benzene rings is 1. The van der Waals surface area contributed by atoms with Crippen LogP contribution in [0.2, 0.25) is 0 Å². The summed E-state index contributed by atoms with van der Waals surface area (Å²) in [5, 5.41) is 3.46. The fourth-order valence-corrected chi connectivity index (χ4v) is 4.35. The van der Waals surface area contributed by atoms with E-state index in [4.69, 9.17) is 0 Å². The van der Waals surface area contributed by atoms with Crippen LogP contribution in [0.1, 0.15) is 25.3 Å². The average Bonchev–Trinajstić information content (AvgIpc) is 3.32. The molecule has 1 atom stereocenters. The molecule has 2 aliphatic heterocycles. The van der Waals surface area contributed by atoms with Crippen molar-refractivity contribution in [2.75, 3.05) is 66.5 Å². The van der Waals surface area contributed by atoms with E-state index in [-0.39, 0.29) is 41.7 Å². The first-order chi connectivity index (χ1) is 15.0. The summed E-state index contributed by atoms with van der Waals surface area (Å²) >= 11 is 0. The Kier molecular flexibility index (Phi) is 11.1. The second kappa shape index (κ2) is 13.3. The second-order valence-corrected chi connectivity index (χ2v) is 8.57. The lowest BCUT2D eigenvalue weighted by Gasteiger charge is -2.39. The van der Waals surface area contributed by atoms with Gasteiger partial charge in [0.05, 0.1) is 6.04 Å². The number of hydrogen-bond donors (Lipinski definition) is 1. The van der Waals surface area contributed by atoms with Crippen LogP contribution in [0, 0.1) is 5.82 Å². The number of aliphatic imine (C=N–C) groups is 1. The van der Waals surface area contributed by atoms with Crippen LogP contribution < -0.4 is 5.32 Å². The summed E-state index contributed by atoms with van der Waals surface area (Å²) < 4.78 is 13.0. The maximum absolute atomic E-state index is 13.0. The molecule has 32 heavy (non-hydrogen) atoms. The van der Waals surface area contributed by atoms with Crippen LogP contribution in [-0.4, -0.2) is 104 Å². The molecule has 180 valence electrons. The minimum atomic E-state index is -0.202. The Morgan fingerprint density at radius 1 is 1.09 bits per heavy atom. The van der Waals surface area contributed by atoms with Crippen LogP contribution in [0.5, 0.6) is 0 Å². The van der Waals surface area contributed by atoms with E-state index in [9.17, 15) is 9.18 Å². The molecule has 1 N–H and O–H groups in total. The predicted octanol–water partition coefficient (Wildman–Crippen LogP) is 2.08. The second-order valence-electron chi connectivity index (χ2n) is 8.57. The number of rotatable bonds is 7. The van der Waals surface area contributed by atoms with E-state index < -0.39 is 0 Å². The molecule has 3 rings (SSSR count). The number of piperazine rings is 1. The third-order valence-electron chi connectivity index (χ3n) is 6.29. The van der Waals surface area contributed by atoms with E-state index in [1.807, 2.05) is 31.0 Å². The maximum atomic E-state index is 13.0. The first-order valence-electron chi connectivity index (χ1n) is 11.4. The van der Waals surface area contributed by atoms with Gasteiger partial charge in [-0.3, -0.25) is 14.7 Å². The Bertz CT molecular complexity index is 733. The number of carbonyl (C=O) groups excluding carboxylic acids is 1. The van der Waals surface area contributed by atoms with Gasteiger partial charge in [0.1, 0.15) is 5.82 Å². The van der Waals surface area contributed by atoms with Gasteiger partial charge in [-0.2, -0.15) is 0 Å². The first kappa shape index (κ1) is 26.8. The van der Waals surface area contributed by atoms with Crippen molar-refractivity contribution in [1.82, 2.24) is 24.9 Å². The van der Waals surface area contributed by atoms with Crippen molar-refractivity contribution in [3.63, 3.8) is 0 Å². The zero-order valence-electron chi connectivity index (χ0n) is 19.6. The summed E-state index contributed by atoms with van der Waals surface area (Å²) in [4.78, 5) is 25.9. The molecule has 0 aliphatic carbocycles. The SMILES string of the molecule is CN=C(NCCN(C)Cc1ccc(F)cc1)N1CCN(C(C)C(=O)N2CCCC2)CC1.I. The van der Waals surface area contributed by atoms with Gasteiger partial charge in [-0.05, 0) is 44.5 Å². The van der Waals surface area contributed by atoms with Crippen molar-refractivity contribution in [3.8, 4) is 0 Å². The van der Waals surface area contributed by atoms with Gasteiger partial charge in [-0.15, -0.1) is 24.0 Å². The molecule has 1 amide bonds. The zero-order chi connectivity index (χ0) is 22.2. The normalized spacial score (nSPS) is 18.6. The van der Waals surface area contributed by atoms with Crippen LogP contribution in [0.4, 0.5) is 4.39 Å². The number of halogens is 2. The van der Waals surface area contributed by atoms with Crippen LogP contribution >= 0.6 is 24.0 Å². The standard InChI is InChI=1S/C23H37FN6O.HI/c1-19(22(31)29-11-4-5-12-29)28-14-16-30(17-15-28)23(25-2)26-10-13-27(3)18-20-6-8-21(24)9-7-20;/h6-9,19H,4-5,10-18H2,1-3H3,(H,25,26);1H. The lowest BCUT2D eigenvalue weighted by Crippen LogP contribution is -2.57. The fraction of sp³-hybridized carbons (Fsp3) is 0.652. The highest BCUT2D eigenvalue weighted by molar-refractivity contribution is 14.0. The van der Waals surface area contributed by atoms with E-state index in [0.717, 1.165) is 83.3 Å². The molecule has 1 aromatic rings. The third kappa shape index (κ3) is 7.55. The Morgan fingerprint density at radius 2 is 1.72 bits per heavy atom. The van der Waals surface area contributed by atoms with Gasteiger partial charge < -0.3 is 20.0 Å². The van der Waals surface area contributed by atoms with Crippen molar-refractivity contribution >= 4 is 35.8 Å². The van der Waals surface area contributed by atoms with Crippen molar-refractivity contribution in [2.24, 2.45) is 4.99 Å². The van der Waals surface area contributed by atoms with Gasteiger partial charge in [0.15, 0.2) is 5.96 Å². The Labute approximate surface area is 209 Å². The molecular weight excluding hydrogens is 522 g/mol. The van der Waals surface area contributed by atoms with E-state index >= 15 is 0 Å². The first-order valence-corrected chi connectivity index (χ1v) is 11.4. The molecule has 0 radical (unpaired) electrons. The van der Waals surface area contributed by atoms with Crippen LogP contribution in [-0.2, 0) is 11.3 Å². The third-order valence-corrected chi connectivity index (χ3v) is 6.29. The van der Waals surface area contributed by atoms with Gasteiger partial charge in [-0.25, -0.2) is 4.39 Å². The molecule has 2 saturated heterocycles. The quantitative estimate of drug-likeness (QED) is 0.315. The number of nitrogens with zero attached hydrogens (tertiary/aromatic N) is 5. The lowest BCUT2D eigenvalue weighted by atomic mass is 10.2. The minimum absolute atomic E-state index is 0. The fourth-order valence-electron chi connectivity index (χ4n) is 4.35. The number of nitrogens with one attached hydrogen (secondary N) is 1. The maximum Gasteiger partial charge on any atom is 0.239 e. The van der Waals surface area contributed by atoms with E-state index in [1.54, 1.807) is 0 Å². The zero-order valence-corrected chi connectivity index (χ0v) is 21.9. The summed E-state index contributed by atoms with van der Waals surface area (Å²) in [5.74, 6) is 0.984. The number of amides is 1. The molecular formula is C23H38FIN6O. The van der Waals surface area contributed by atoms with Gasteiger partial charge in [0.2, 0.25) is 5.91 Å². The molecule has 2 heterocycles. The van der Waals surface area contributed by atoms with Gasteiger partial charge in [0.25, 0.3) is 0 Å². The van der Waals surface area contributed by atoms with E-state index in [1.165, 1.54) is 12.1 Å². The number of carbonyl (C=O) groups is 1. The highest BCUT2D eigenvalue weighted by Gasteiger charge is 2.30. The molecule has 2 aliphatic rings. The monoisotopic (exact) mass is 560 g/mol. The Morgan fingerprint density at radius 3 is 2.31 bits per heavy atom. The number of hydrogen-bond acceptors (Lipinski definition) is 4. The molecule has 7 nitrogen and oxygen atoms in total. The topological polar surface area (TPSA) is 54.4 Å². The molecule has 0 spiro atoms. The summed E-state index contributed by atoms with van der Waals surface area (Å²) in [6, 6.07) is 6.61. The van der Waals surface area contributed by atoms with E-state index in [2.05, 4.69) is 32.1 Å². The lowest BCUT2D eigenvalue weighted by molar-refractivity contribution is -0.135. The number of likely N-dealkylation sites (tertiary alicyclic amines) is 1. The van der Waals surface area contributed by atoms with Gasteiger partial charge in [0, 0.05) is 66.0 Å². The highest BCUT2D eigenvalue weighted by Crippen LogP contribution is 2.14. The van der Waals surface area contributed by atoms with Crippen molar-refractivity contribution in [1.29, 1.82) is 0 Å². The largest absolute Gasteiger partial charge is 0.355 e. The average molecular weight is 561 g/mol. The Balaban J connectivity index is 0.00000363. The van der Waals surface area contributed by atoms with E-state index in [0.29, 0.717) is 0 Å². The van der Waals surface area contributed by atoms with Crippen molar-refractivity contribution < 1.29 is 9.18 Å². The molecule has 1 unspecified atom stereocenters. The van der Waals surface area contributed by atoms with Crippen LogP contribution in [0.15, 0.2) is 29.3 Å². The number of likely N-dealkylation sites (N-methyl/N-ethyl adjacent to an activating group) is 1. The summed E-state index contributed by atoms with van der Waals surface area (Å²) in [7, 11) is 3.88. The summed E-state index contributed by atoms with van der Waals surface area (Å²) in [6.07, 6.45) is 2.26. The minimum Gasteiger partial charge on any atom is -0.355 e. The molecule has 0 bridgehead atoms. The number of guanidine groups is 1. The predicted molar refractivity (Wildman–Crippen MR) is 138 cm³/mol. The van der Waals surface area contributed by atoms with Crippen molar-refractivity contribution in [2.45, 2.75) is 32.4 Å². The highest BCUT2D eigenvalue weighted by atomic mass is 127. The van der Waals surface area contributed by atoms with Crippen LogP contribution in [0.3, 0.4) is 0 Å². The van der Waals surface area contributed by atoms with Crippen LogP contribution in [0.25, 0.3) is 0 Å². The Hall–Kier alpha value is -1.46. The summed E-state index contributed by atoms with van der Waals surface area (Å²) in [5.41, 5.74) is 1.10. The molecule has 0 aromatic heterocycles. The molecule has 2 fully saturated rings. The molecule has 0 saturated carbocycles. The van der Waals surface area contributed by atoms with Gasteiger partial charge >= 0.3 is 0 Å². The van der Waals surface area contributed by atoms with Crippen molar-refractivity contribution in [3.05, 3.63) is 35.6 Å². The molecule has 1 aromatic carbocycles. The van der Waals surface area contributed by atoms with Gasteiger partial charge in [-0.1, -0.05) is 12.1 Å². The summed E-state index contributed by atoms with van der Waals surface area (Å²) in [6.45, 7) is 9.75.